The number of rotatable bonds is 13. The van der Waals surface area contributed by atoms with Crippen LogP contribution < -0.4 is 27.0 Å². The van der Waals surface area contributed by atoms with Gasteiger partial charge in [0.15, 0.2) is 0 Å². The summed E-state index contributed by atoms with van der Waals surface area (Å²) in [5, 5.41) is 11.6. The van der Waals surface area contributed by atoms with E-state index in [2.05, 4.69) is 75.6 Å². The number of likely N-dealkylation sites (N-methyl/N-ethyl adjacent to an activating group) is 1. The Morgan fingerprint density at radius 1 is 0.938 bits per heavy atom. The van der Waals surface area contributed by atoms with Crippen molar-refractivity contribution in [1.29, 1.82) is 0 Å². The van der Waals surface area contributed by atoms with Crippen molar-refractivity contribution in [3.8, 4) is 0 Å². The van der Waals surface area contributed by atoms with Crippen LogP contribution in [0, 0.1) is 16.7 Å². The second-order valence-corrected chi connectivity index (χ2v) is 15.6. The average Bonchev–Trinajstić information content (AvgIpc) is 3.42. The van der Waals surface area contributed by atoms with E-state index in [-0.39, 0.29) is 34.9 Å². The number of primary amides is 1. The predicted octanol–water partition coefficient (Wildman–Crippen LogP) is 3.93. The summed E-state index contributed by atoms with van der Waals surface area (Å²) in [6.07, 6.45) is 6.99. The summed E-state index contributed by atoms with van der Waals surface area (Å²) >= 11 is 4.42. The van der Waals surface area contributed by atoms with E-state index in [0.717, 1.165) is 44.7 Å². The highest BCUT2D eigenvalue weighted by Crippen LogP contribution is 2.24. The lowest BCUT2D eigenvalue weighted by atomic mass is 9.86. The van der Waals surface area contributed by atoms with E-state index in [0.29, 0.717) is 12.6 Å². The van der Waals surface area contributed by atoms with Gasteiger partial charge < -0.3 is 31.8 Å². The maximum absolute atomic E-state index is 12.3. The topological polar surface area (TPSA) is 166 Å². The highest BCUT2D eigenvalue weighted by Gasteiger charge is 2.31. The maximum Gasteiger partial charge on any atom is 0.315 e. The van der Waals surface area contributed by atoms with Gasteiger partial charge in [-0.2, -0.15) is 0 Å². The lowest BCUT2D eigenvalue weighted by molar-refractivity contribution is -0.138. The van der Waals surface area contributed by atoms with Crippen molar-refractivity contribution in [3.05, 3.63) is 0 Å². The Labute approximate surface area is 297 Å². The van der Waals surface area contributed by atoms with E-state index in [1.807, 2.05) is 50.9 Å². The Bertz CT molecular complexity index is 964. The molecule has 1 saturated carbocycles. The normalized spacial score (nSPS) is 18.3. The number of ketones is 1. The number of Topliss-reactive ketones (excluding diaryl/α,β-unsaturated/α-hetero) is 1. The van der Waals surface area contributed by atoms with Gasteiger partial charge in [0, 0.05) is 31.7 Å². The molecule has 1 aliphatic heterocycles. The van der Waals surface area contributed by atoms with Crippen molar-refractivity contribution in [2.45, 2.75) is 145 Å². The number of nitrogens with two attached hydrogens (primary N) is 1. The van der Waals surface area contributed by atoms with Crippen molar-refractivity contribution in [2.75, 3.05) is 33.2 Å². The molecule has 282 valence electrons. The van der Waals surface area contributed by atoms with E-state index in [1.54, 1.807) is 0 Å². The van der Waals surface area contributed by atoms with Crippen molar-refractivity contribution in [2.24, 2.45) is 22.5 Å². The molecule has 2 aliphatic rings. The third kappa shape index (κ3) is 20.3. The van der Waals surface area contributed by atoms with Crippen molar-refractivity contribution < 1.29 is 24.0 Å². The van der Waals surface area contributed by atoms with E-state index < -0.39 is 23.8 Å². The number of hydrogen-bond donors (Lipinski definition) is 6. The summed E-state index contributed by atoms with van der Waals surface area (Å²) in [4.78, 5) is 59.0. The molecule has 4 unspecified atom stereocenters. The molecule has 0 aromatic heterocycles. The van der Waals surface area contributed by atoms with Gasteiger partial charge in [-0.05, 0) is 64.0 Å². The van der Waals surface area contributed by atoms with E-state index >= 15 is 0 Å². The van der Waals surface area contributed by atoms with Crippen LogP contribution in [0.1, 0.15) is 115 Å². The maximum atomic E-state index is 12.3. The third-order valence-corrected chi connectivity index (χ3v) is 9.04. The number of amides is 4. The van der Waals surface area contributed by atoms with E-state index in [1.165, 1.54) is 26.2 Å². The lowest BCUT2D eigenvalue weighted by Crippen LogP contribution is -2.56. The molecule has 48 heavy (non-hydrogen) atoms. The molecular formula is C35H71N7O5S. The molecule has 1 heterocycles. The number of aldehydes is 1. The lowest BCUT2D eigenvalue weighted by Gasteiger charge is -2.33. The third-order valence-electron chi connectivity index (χ3n) is 8.38. The molecular weight excluding hydrogens is 630 g/mol. The van der Waals surface area contributed by atoms with Crippen LogP contribution in [0.25, 0.3) is 0 Å². The van der Waals surface area contributed by atoms with E-state index in [4.69, 9.17) is 5.73 Å². The van der Waals surface area contributed by atoms with Crippen molar-refractivity contribution >= 4 is 42.7 Å². The largest absolute Gasteiger partial charge is 0.363 e. The zero-order chi connectivity index (χ0) is 37.8. The molecule has 13 heteroatoms. The zero-order valence-electron chi connectivity index (χ0n) is 32.4. The highest BCUT2D eigenvalue weighted by atomic mass is 32.1. The molecule has 0 spiro atoms. The molecule has 12 nitrogen and oxygen atoms in total. The summed E-state index contributed by atoms with van der Waals surface area (Å²) in [5.74, 6) is -0.946. The quantitative estimate of drug-likeness (QED) is 0.0728. The molecule has 4 amide bonds. The van der Waals surface area contributed by atoms with E-state index in [9.17, 15) is 24.0 Å². The molecule has 6 N–H and O–H groups in total. The number of urea groups is 1. The SMILES string of the molecule is CC.CC(C)N(S)CCNCC(NC(=O)NC(C=O)C(C)(C)C)C(C)(C)C.CC(NC(=O)C1CCCN1C)C(=O)C(N)=O.CC1CCC1. The number of nitrogens with one attached hydrogen (secondary N) is 4. The molecule has 2 fully saturated rings. The summed E-state index contributed by atoms with van der Waals surface area (Å²) in [7, 11) is 1.86. The second-order valence-electron chi connectivity index (χ2n) is 15.1. The molecule has 2 rings (SSSR count). The first-order chi connectivity index (χ1) is 22.1. The number of carbonyl (C=O) groups excluding carboxylic acids is 5. The number of nitrogens with zero attached hydrogens (tertiary/aromatic N) is 2. The van der Waals surface area contributed by atoms with Gasteiger partial charge in [0.05, 0.1) is 18.1 Å². The Morgan fingerprint density at radius 3 is 1.83 bits per heavy atom. The van der Waals surface area contributed by atoms with Crippen LogP contribution in [-0.4, -0.2) is 103 Å². The summed E-state index contributed by atoms with van der Waals surface area (Å²) in [5.41, 5.74) is 4.42. The molecule has 4 atom stereocenters. The van der Waals surface area contributed by atoms with Crippen LogP contribution in [0.5, 0.6) is 0 Å². The number of likely N-dealkylation sites (tertiary alicyclic amines) is 1. The Kier molecular flexibility index (Phi) is 24.0. The molecule has 0 radical (unpaired) electrons. The van der Waals surface area contributed by atoms with Crippen molar-refractivity contribution in [3.63, 3.8) is 0 Å². The number of hydrogen-bond acceptors (Lipinski definition) is 9. The monoisotopic (exact) mass is 702 g/mol. The summed E-state index contributed by atoms with van der Waals surface area (Å²) < 4.78 is 1.97. The van der Waals surface area contributed by atoms with Gasteiger partial charge in [0.2, 0.25) is 11.7 Å². The van der Waals surface area contributed by atoms with Crippen LogP contribution in [0.2, 0.25) is 0 Å². The Morgan fingerprint density at radius 2 is 1.48 bits per heavy atom. The molecule has 1 saturated heterocycles. The van der Waals surface area contributed by atoms with Gasteiger partial charge in [0.1, 0.15) is 6.29 Å². The standard InChI is InChI=1S/C18H38N4O2S.C10H17N3O3.C5H10.C2H6/c1-13(2)22(25)10-9-19-11-14(17(3,4)5)20-16(24)21-15(12-23)18(6,7)8;1-6(8(14)9(11)15)12-10(16)7-4-3-5-13(7)2;1-5-3-2-4-5;1-2/h12-15,19,25H,9-11H2,1-8H3,(H2,20,21,24);6-7H,3-5H2,1-2H3,(H2,11,15)(H,12,16);5H,2-4H2,1H3;1-2H3. The first-order valence-electron chi connectivity index (χ1n) is 17.6. The van der Waals surface area contributed by atoms with Crippen LogP contribution in [0.15, 0.2) is 0 Å². The van der Waals surface area contributed by atoms with Gasteiger partial charge in [-0.1, -0.05) is 94.4 Å². The predicted molar refractivity (Wildman–Crippen MR) is 200 cm³/mol. The number of carbonyl (C=O) groups is 5. The first-order valence-corrected chi connectivity index (χ1v) is 18.0. The smallest absolute Gasteiger partial charge is 0.315 e. The van der Waals surface area contributed by atoms with Crippen LogP contribution in [0.3, 0.4) is 0 Å². The van der Waals surface area contributed by atoms with Crippen LogP contribution >= 0.6 is 12.8 Å². The molecule has 0 aromatic rings. The van der Waals surface area contributed by atoms with Gasteiger partial charge in [-0.3, -0.25) is 19.3 Å². The summed E-state index contributed by atoms with van der Waals surface area (Å²) in [6.45, 7) is 27.1. The van der Waals surface area contributed by atoms with Gasteiger partial charge in [-0.25, -0.2) is 9.10 Å². The minimum absolute atomic E-state index is 0.0628. The van der Waals surface area contributed by atoms with Gasteiger partial charge >= 0.3 is 6.03 Å². The van der Waals surface area contributed by atoms with Gasteiger partial charge in [0.25, 0.3) is 5.91 Å². The van der Waals surface area contributed by atoms with Crippen LogP contribution in [-0.2, 0) is 19.2 Å². The fourth-order valence-electron chi connectivity index (χ4n) is 4.51. The van der Waals surface area contributed by atoms with Crippen LogP contribution in [0.4, 0.5) is 4.79 Å². The summed E-state index contributed by atoms with van der Waals surface area (Å²) in [6, 6.07) is -1.57. The minimum atomic E-state index is -1.02. The van der Waals surface area contributed by atoms with Gasteiger partial charge in [-0.15, -0.1) is 0 Å². The minimum Gasteiger partial charge on any atom is -0.363 e. The fourth-order valence-corrected chi connectivity index (χ4v) is 4.61. The molecule has 0 aromatic carbocycles. The molecule has 0 bridgehead atoms. The second kappa shape index (κ2) is 24.0. The number of thiol groups is 1. The highest BCUT2D eigenvalue weighted by molar-refractivity contribution is 7.77. The Balaban J connectivity index is 0. The fraction of sp³-hybridized carbons (Fsp3) is 0.857. The average molecular weight is 702 g/mol. The molecule has 1 aliphatic carbocycles. The zero-order valence-corrected chi connectivity index (χ0v) is 33.3. The Hall–Kier alpha value is -2.22. The van der Waals surface area contributed by atoms with Crippen molar-refractivity contribution in [1.82, 2.24) is 30.5 Å². The first kappa shape index (κ1) is 47.9.